The average molecular weight is 450 g/mol. The number of benzene rings is 2. The second kappa shape index (κ2) is 7.21. The molecule has 0 spiro atoms. The van der Waals surface area contributed by atoms with Crippen LogP contribution in [0.15, 0.2) is 42.5 Å². The molecule has 0 unspecified atom stereocenters. The van der Waals surface area contributed by atoms with Crippen molar-refractivity contribution >= 4 is 43.2 Å². The third-order valence-electron chi connectivity index (χ3n) is 5.57. The maximum absolute atomic E-state index is 11.8. The van der Waals surface area contributed by atoms with E-state index in [-0.39, 0.29) is 6.04 Å². The van der Waals surface area contributed by atoms with Crippen LogP contribution in [0.4, 0.5) is 0 Å². The van der Waals surface area contributed by atoms with Crippen molar-refractivity contribution in [2.24, 2.45) is 0 Å². The highest BCUT2D eigenvalue weighted by molar-refractivity contribution is 7.88. The number of thiazole rings is 1. The third kappa shape index (κ3) is 3.87. The van der Waals surface area contributed by atoms with Crippen molar-refractivity contribution in [3.05, 3.63) is 53.1 Å². The molecular weight excluding hydrogens is 430 g/mol. The largest absolute Gasteiger partial charge is 0.431 e. The van der Waals surface area contributed by atoms with Gasteiger partial charge < -0.3 is 4.74 Å². The van der Waals surface area contributed by atoms with Crippen LogP contribution in [0.3, 0.4) is 0 Å². The molecule has 2 aliphatic rings. The fourth-order valence-electron chi connectivity index (χ4n) is 4.23. The number of halogens is 1. The molecular formula is C20H20ClN3O3S2. The molecule has 29 heavy (non-hydrogen) atoms. The number of fused-ring (bicyclic) bond motifs is 3. The second-order valence-corrected chi connectivity index (χ2v) is 11.0. The monoisotopic (exact) mass is 449 g/mol. The smallest absolute Gasteiger partial charge is 0.279 e. The van der Waals surface area contributed by atoms with Crippen LogP contribution in [-0.2, 0) is 16.6 Å². The number of piperazine rings is 1. The van der Waals surface area contributed by atoms with E-state index >= 15 is 0 Å². The van der Waals surface area contributed by atoms with Gasteiger partial charge in [-0.3, -0.25) is 4.90 Å². The molecule has 2 atom stereocenters. The van der Waals surface area contributed by atoms with Gasteiger partial charge in [0.25, 0.3) is 5.19 Å². The van der Waals surface area contributed by atoms with E-state index in [4.69, 9.17) is 16.3 Å². The van der Waals surface area contributed by atoms with Crippen molar-refractivity contribution in [1.82, 2.24) is 14.2 Å². The summed E-state index contributed by atoms with van der Waals surface area (Å²) >= 11 is 7.50. The topological polar surface area (TPSA) is 62.7 Å². The fraction of sp³-hybridized carbons (Fsp3) is 0.350. The van der Waals surface area contributed by atoms with Crippen molar-refractivity contribution in [3.8, 4) is 10.9 Å². The van der Waals surface area contributed by atoms with Gasteiger partial charge in [-0.15, -0.1) is 0 Å². The molecule has 2 saturated heterocycles. The Morgan fingerprint density at radius 3 is 2.66 bits per heavy atom. The molecule has 5 rings (SSSR count). The Morgan fingerprint density at radius 2 is 1.97 bits per heavy atom. The Kier molecular flexibility index (Phi) is 4.79. The molecule has 0 aliphatic carbocycles. The summed E-state index contributed by atoms with van der Waals surface area (Å²) in [7, 11) is -3.10. The first kappa shape index (κ1) is 19.3. The van der Waals surface area contributed by atoms with Crippen molar-refractivity contribution in [2.45, 2.75) is 25.0 Å². The van der Waals surface area contributed by atoms with Crippen molar-refractivity contribution in [3.63, 3.8) is 0 Å². The SMILES string of the molecule is CS(=O)(=O)N1C[C@H]2C[C@@H]1CN2Cc1ccc(Oc2nc3ccc(Cl)cc3s2)cc1. The minimum atomic E-state index is -3.10. The normalized spacial score (nSPS) is 22.6. The number of sulfonamides is 1. The van der Waals surface area contributed by atoms with Crippen molar-refractivity contribution in [1.29, 1.82) is 0 Å². The molecule has 2 aliphatic heterocycles. The van der Waals surface area contributed by atoms with E-state index < -0.39 is 10.0 Å². The number of rotatable bonds is 5. The van der Waals surface area contributed by atoms with E-state index in [1.165, 1.54) is 23.2 Å². The summed E-state index contributed by atoms with van der Waals surface area (Å²) in [5, 5.41) is 1.28. The van der Waals surface area contributed by atoms with Crippen LogP contribution in [0.25, 0.3) is 10.2 Å². The average Bonchev–Trinajstić information content (AvgIpc) is 3.36. The molecule has 0 saturated carbocycles. The van der Waals surface area contributed by atoms with Gasteiger partial charge in [-0.05, 0) is 42.3 Å². The Bertz CT molecular complexity index is 1160. The maximum atomic E-state index is 11.8. The molecule has 152 valence electrons. The minimum Gasteiger partial charge on any atom is -0.431 e. The highest BCUT2D eigenvalue weighted by atomic mass is 35.5. The number of nitrogens with zero attached hydrogens (tertiary/aromatic N) is 3. The van der Waals surface area contributed by atoms with Crippen LogP contribution in [0, 0.1) is 0 Å². The van der Waals surface area contributed by atoms with Gasteiger partial charge in [0.05, 0.1) is 16.5 Å². The van der Waals surface area contributed by atoms with Crippen LogP contribution in [0.2, 0.25) is 5.02 Å². The van der Waals surface area contributed by atoms with Gasteiger partial charge in [0, 0.05) is 36.7 Å². The highest BCUT2D eigenvalue weighted by Crippen LogP contribution is 2.35. The fourth-order valence-corrected chi connectivity index (χ4v) is 6.48. The summed E-state index contributed by atoms with van der Waals surface area (Å²) in [6, 6.07) is 14.0. The Morgan fingerprint density at radius 1 is 1.17 bits per heavy atom. The molecule has 0 N–H and O–H groups in total. The predicted octanol–water partition coefficient (Wildman–Crippen LogP) is 3.96. The lowest BCUT2D eigenvalue weighted by atomic mass is 10.2. The van der Waals surface area contributed by atoms with Gasteiger partial charge in [0.1, 0.15) is 5.75 Å². The summed E-state index contributed by atoms with van der Waals surface area (Å²) in [5.41, 5.74) is 2.06. The summed E-state index contributed by atoms with van der Waals surface area (Å²) in [6.45, 7) is 2.22. The third-order valence-corrected chi connectivity index (χ3v) is 8.01. The van der Waals surface area contributed by atoms with Crippen LogP contribution in [0.5, 0.6) is 10.9 Å². The number of likely N-dealkylation sites (tertiary alicyclic amines) is 1. The zero-order valence-electron chi connectivity index (χ0n) is 15.8. The first-order valence-corrected chi connectivity index (χ1v) is 12.4. The summed E-state index contributed by atoms with van der Waals surface area (Å²) in [6.07, 6.45) is 2.23. The number of aromatic nitrogens is 1. The summed E-state index contributed by atoms with van der Waals surface area (Å²) in [5.74, 6) is 0.741. The van der Waals surface area contributed by atoms with Gasteiger partial charge in [-0.2, -0.15) is 4.31 Å². The van der Waals surface area contributed by atoms with Gasteiger partial charge in [-0.1, -0.05) is 35.1 Å². The van der Waals surface area contributed by atoms with E-state index in [0.29, 0.717) is 22.8 Å². The Hall–Kier alpha value is -1.71. The van der Waals surface area contributed by atoms with E-state index in [2.05, 4.69) is 22.0 Å². The Labute approximate surface area is 178 Å². The molecule has 6 nitrogen and oxygen atoms in total. The predicted molar refractivity (Wildman–Crippen MR) is 115 cm³/mol. The van der Waals surface area contributed by atoms with E-state index in [1.54, 1.807) is 4.31 Å². The molecule has 1 aromatic heterocycles. The molecule has 3 aromatic rings. The minimum absolute atomic E-state index is 0.116. The lowest BCUT2D eigenvalue weighted by Crippen LogP contribution is -2.47. The van der Waals surface area contributed by atoms with Crippen LogP contribution in [-0.4, -0.2) is 54.0 Å². The van der Waals surface area contributed by atoms with Gasteiger partial charge in [0.2, 0.25) is 10.0 Å². The number of hydrogen-bond donors (Lipinski definition) is 0. The van der Waals surface area contributed by atoms with E-state index in [1.807, 2.05) is 30.3 Å². The van der Waals surface area contributed by atoms with Gasteiger partial charge in [0.15, 0.2) is 0 Å². The molecule has 9 heteroatoms. The number of ether oxygens (including phenoxy) is 1. The molecule has 2 fully saturated rings. The molecule has 2 bridgehead atoms. The number of hydrogen-bond acceptors (Lipinski definition) is 6. The first-order valence-electron chi connectivity index (χ1n) is 9.39. The zero-order chi connectivity index (χ0) is 20.2. The summed E-state index contributed by atoms with van der Waals surface area (Å²) < 4.78 is 32.2. The molecule has 3 heterocycles. The van der Waals surface area contributed by atoms with Crippen molar-refractivity contribution in [2.75, 3.05) is 19.3 Å². The quantitative estimate of drug-likeness (QED) is 0.590. The summed E-state index contributed by atoms with van der Waals surface area (Å²) in [4.78, 5) is 6.86. The van der Waals surface area contributed by atoms with E-state index in [9.17, 15) is 8.42 Å². The maximum Gasteiger partial charge on any atom is 0.279 e. The highest BCUT2D eigenvalue weighted by Gasteiger charge is 2.46. The van der Waals surface area contributed by atoms with Gasteiger partial charge >= 0.3 is 0 Å². The Balaban J connectivity index is 1.23. The van der Waals surface area contributed by atoms with E-state index in [0.717, 1.165) is 35.5 Å². The van der Waals surface area contributed by atoms with Gasteiger partial charge in [-0.25, -0.2) is 13.4 Å². The van der Waals surface area contributed by atoms with Crippen LogP contribution >= 0.6 is 22.9 Å². The second-order valence-electron chi connectivity index (χ2n) is 7.64. The van der Waals surface area contributed by atoms with Crippen LogP contribution < -0.4 is 4.74 Å². The molecule has 0 radical (unpaired) electrons. The zero-order valence-corrected chi connectivity index (χ0v) is 18.2. The molecule has 0 amide bonds. The van der Waals surface area contributed by atoms with Crippen molar-refractivity contribution < 1.29 is 13.2 Å². The van der Waals surface area contributed by atoms with Crippen LogP contribution in [0.1, 0.15) is 12.0 Å². The first-order chi connectivity index (χ1) is 13.8. The lowest BCUT2D eigenvalue weighted by Gasteiger charge is -2.32. The standard InChI is InChI=1S/C20H20ClN3O3S2/c1-29(25,26)24-12-15-9-16(24)11-23(15)10-13-2-5-17(6-3-13)27-20-22-18-7-4-14(21)8-19(18)28-20/h2-8,15-16H,9-12H2,1H3/t15-,16-/m1/s1. The lowest BCUT2D eigenvalue weighted by molar-refractivity contribution is 0.175. The molecule has 2 aromatic carbocycles.